The van der Waals surface area contributed by atoms with Crippen LogP contribution in [0.25, 0.3) is 21.9 Å². The molecule has 0 aliphatic heterocycles. The molecule has 0 atom stereocenters. The van der Waals surface area contributed by atoms with Crippen LogP contribution in [0.3, 0.4) is 0 Å². The molecule has 0 amide bonds. The van der Waals surface area contributed by atoms with Crippen LogP contribution in [-0.4, -0.2) is 16.9 Å². The number of Topliss-reactive ketones (excluding diaryl/α,β-unsaturated/α-hetero) is 2. The standard InChI is InChI=1S/C10H6BrClO2.C10H7ClO2/c11-5-8(13)10-3-6-1-2-7(12)4-9(6)14-10;1-6(12)9-4-7-2-3-8(11)5-10(7)13-9/h1-4H,5H2;2-5H,1H3. The lowest BCUT2D eigenvalue weighted by Crippen LogP contribution is -1.96. The molecule has 4 nitrogen and oxygen atoms in total. The fourth-order valence-electron chi connectivity index (χ4n) is 2.39. The van der Waals surface area contributed by atoms with Gasteiger partial charge < -0.3 is 8.83 Å². The Balaban J connectivity index is 0.000000156. The Bertz CT molecular complexity index is 1140. The predicted molar refractivity (Wildman–Crippen MR) is 111 cm³/mol. The summed E-state index contributed by atoms with van der Waals surface area (Å²) in [4.78, 5) is 22.3. The molecule has 7 heteroatoms. The molecule has 2 heterocycles. The molecule has 4 rings (SSSR count). The van der Waals surface area contributed by atoms with Gasteiger partial charge in [-0.2, -0.15) is 0 Å². The molecule has 0 spiro atoms. The average Bonchev–Trinajstić information content (AvgIpc) is 3.24. The van der Waals surface area contributed by atoms with Gasteiger partial charge in [0, 0.05) is 39.9 Å². The molecule has 27 heavy (non-hydrogen) atoms. The molecule has 0 radical (unpaired) electrons. The van der Waals surface area contributed by atoms with Crippen molar-refractivity contribution in [1.29, 1.82) is 0 Å². The maximum atomic E-state index is 11.3. The van der Waals surface area contributed by atoms with Gasteiger partial charge in [-0.1, -0.05) is 39.1 Å². The molecule has 0 N–H and O–H groups in total. The van der Waals surface area contributed by atoms with Gasteiger partial charge in [0.15, 0.2) is 17.3 Å². The van der Waals surface area contributed by atoms with E-state index in [9.17, 15) is 9.59 Å². The van der Waals surface area contributed by atoms with Crippen molar-refractivity contribution >= 4 is 72.6 Å². The van der Waals surface area contributed by atoms with E-state index in [2.05, 4.69) is 15.9 Å². The zero-order valence-corrected chi connectivity index (χ0v) is 17.2. The number of rotatable bonds is 3. The third-order valence-electron chi connectivity index (χ3n) is 3.71. The highest BCUT2D eigenvalue weighted by Crippen LogP contribution is 2.24. The van der Waals surface area contributed by atoms with E-state index in [0.29, 0.717) is 32.7 Å². The molecule has 0 bridgehead atoms. The Labute approximate surface area is 173 Å². The van der Waals surface area contributed by atoms with Crippen LogP contribution >= 0.6 is 39.1 Å². The SMILES string of the molecule is CC(=O)c1cc2ccc(Cl)cc2o1.O=C(CBr)c1cc2ccc(Cl)cc2o1. The van der Waals surface area contributed by atoms with E-state index in [4.69, 9.17) is 32.0 Å². The second kappa shape index (κ2) is 8.30. The number of carbonyl (C=O) groups is 2. The van der Waals surface area contributed by atoms with Crippen molar-refractivity contribution in [3.63, 3.8) is 0 Å². The summed E-state index contributed by atoms with van der Waals surface area (Å²) in [5.74, 6) is 0.584. The van der Waals surface area contributed by atoms with Crippen LogP contribution < -0.4 is 0 Å². The molecule has 138 valence electrons. The van der Waals surface area contributed by atoms with Gasteiger partial charge >= 0.3 is 0 Å². The topological polar surface area (TPSA) is 60.4 Å². The molecular formula is C20H13BrCl2O4. The zero-order valence-electron chi connectivity index (χ0n) is 14.1. The van der Waals surface area contributed by atoms with Gasteiger partial charge in [-0.15, -0.1) is 0 Å². The van der Waals surface area contributed by atoms with E-state index >= 15 is 0 Å². The number of hydrogen-bond donors (Lipinski definition) is 0. The maximum Gasteiger partial charge on any atom is 0.208 e. The summed E-state index contributed by atoms with van der Waals surface area (Å²) >= 11 is 14.6. The molecule has 0 saturated heterocycles. The maximum absolute atomic E-state index is 11.3. The van der Waals surface area contributed by atoms with Gasteiger partial charge in [-0.05, 0) is 36.4 Å². The second-order valence-electron chi connectivity index (χ2n) is 5.70. The number of halogens is 3. The van der Waals surface area contributed by atoms with Crippen molar-refractivity contribution in [3.8, 4) is 0 Å². The number of carbonyl (C=O) groups excluding carboxylic acids is 2. The van der Waals surface area contributed by atoms with E-state index in [1.807, 2.05) is 12.1 Å². The van der Waals surface area contributed by atoms with Crippen molar-refractivity contribution in [2.24, 2.45) is 0 Å². The van der Waals surface area contributed by atoms with Crippen molar-refractivity contribution < 1.29 is 18.4 Å². The molecule has 0 unspecified atom stereocenters. The number of ketones is 2. The van der Waals surface area contributed by atoms with Crippen LogP contribution in [0.2, 0.25) is 10.0 Å². The van der Waals surface area contributed by atoms with Gasteiger partial charge in [0.1, 0.15) is 11.2 Å². The molecule has 0 saturated carbocycles. The minimum Gasteiger partial charge on any atom is -0.453 e. The van der Waals surface area contributed by atoms with Crippen molar-refractivity contribution in [2.75, 3.05) is 5.33 Å². The Morgan fingerprint density at radius 2 is 1.33 bits per heavy atom. The van der Waals surface area contributed by atoms with Gasteiger partial charge in [0.05, 0.1) is 5.33 Å². The van der Waals surface area contributed by atoms with Gasteiger partial charge in [0.25, 0.3) is 0 Å². The van der Waals surface area contributed by atoms with E-state index < -0.39 is 0 Å². The van der Waals surface area contributed by atoms with Gasteiger partial charge in [0.2, 0.25) is 5.78 Å². The van der Waals surface area contributed by atoms with Crippen molar-refractivity contribution in [1.82, 2.24) is 0 Å². The summed E-state index contributed by atoms with van der Waals surface area (Å²) in [5.41, 5.74) is 1.29. The third kappa shape index (κ3) is 4.61. The fraction of sp³-hybridized carbons (Fsp3) is 0.100. The number of alkyl halides is 1. The lowest BCUT2D eigenvalue weighted by molar-refractivity contribution is 0.0984. The minimum absolute atomic E-state index is 0.0719. The Kier molecular flexibility index (Phi) is 6.05. The first-order chi connectivity index (χ1) is 12.9. The van der Waals surface area contributed by atoms with Crippen LogP contribution in [0.4, 0.5) is 0 Å². The summed E-state index contributed by atoms with van der Waals surface area (Å²) in [6.07, 6.45) is 0. The summed E-state index contributed by atoms with van der Waals surface area (Å²) in [6.45, 7) is 1.47. The molecule has 2 aromatic heterocycles. The second-order valence-corrected chi connectivity index (χ2v) is 7.13. The lowest BCUT2D eigenvalue weighted by atomic mass is 10.2. The molecule has 0 aliphatic carbocycles. The number of hydrogen-bond acceptors (Lipinski definition) is 4. The number of furan rings is 2. The minimum atomic E-state index is -0.0766. The van der Waals surface area contributed by atoms with E-state index in [1.165, 1.54) is 6.92 Å². The summed E-state index contributed by atoms with van der Waals surface area (Å²) in [5, 5.41) is 3.26. The molecule has 0 aliphatic rings. The first kappa shape index (κ1) is 19.7. The van der Waals surface area contributed by atoms with Crippen LogP contribution in [0.15, 0.2) is 57.4 Å². The number of benzene rings is 2. The first-order valence-electron chi connectivity index (χ1n) is 7.85. The average molecular weight is 468 g/mol. The Morgan fingerprint density at radius 3 is 1.81 bits per heavy atom. The van der Waals surface area contributed by atoms with Gasteiger partial charge in [-0.25, -0.2) is 0 Å². The predicted octanol–water partition coefficient (Wildman–Crippen LogP) is 6.95. The summed E-state index contributed by atoms with van der Waals surface area (Å²) in [6, 6.07) is 14.0. The highest BCUT2D eigenvalue weighted by atomic mass is 79.9. The lowest BCUT2D eigenvalue weighted by Gasteiger charge is -1.88. The van der Waals surface area contributed by atoms with E-state index in [0.717, 1.165) is 10.8 Å². The Morgan fingerprint density at radius 1 is 0.852 bits per heavy atom. The van der Waals surface area contributed by atoms with Crippen LogP contribution in [-0.2, 0) is 0 Å². The quantitative estimate of drug-likeness (QED) is 0.241. The first-order valence-corrected chi connectivity index (χ1v) is 9.73. The smallest absolute Gasteiger partial charge is 0.208 e. The van der Waals surface area contributed by atoms with Crippen molar-refractivity contribution in [3.05, 3.63) is 70.1 Å². The highest BCUT2D eigenvalue weighted by Gasteiger charge is 2.10. The summed E-state index contributed by atoms with van der Waals surface area (Å²) in [7, 11) is 0. The molecule has 4 aromatic rings. The van der Waals surface area contributed by atoms with Crippen molar-refractivity contribution in [2.45, 2.75) is 6.92 Å². The number of fused-ring (bicyclic) bond motifs is 2. The molecular weight excluding hydrogens is 455 g/mol. The summed E-state index contributed by atoms with van der Waals surface area (Å²) < 4.78 is 10.6. The van der Waals surface area contributed by atoms with Gasteiger partial charge in [-0.3, -0.25) is 9.59 Å². The van der Waals surface area contributed by atoms with Crippen LogP contribution in [0, 0.1) is 0 Å². The van der Waals surface area contributed by atoms with Crippen LogP contribution in [0.1, 0.15) is 28.0 Å². The largest absolute Gasteiger partial charge is 0.453 e. The third-order valence-corrected chi connectivity index (χ3v) is 4.69. The fourth-order valence-corrected chi connectivity index (χ4v) is 2.99. The Hall–Kier alpha value is -2.08. The van der Waals surface area contributed by atoms with E-state index in [-0.39, 0.29) is 16.9 Å². The monoisotopic (exact) mass is 466 g/mol. The normalized spacial score (nSPS) is 10.7. The zero-order chi connectivity index (χ0) is 19.6. The molecule has 0 fully saturated rings. The highest BCUT2D eigenvalue weighted by molar-refractivity contribution is 9.09. The van der Waals surface area contributed by atoms with Crippen LogP contribution in [0.5, 0.6) is 0 Å². The molecule has 2 aromatic carbocycles. The van der Waals surface area contributed by atoms with E-state index in [1.54, 1.807) is 36.4 Å².